The first-order valence-corrected chi connectivity index (χ1v) is 5.46. The van der Waals surface area contributed by atoms with Gasteiger partial charge < -0.3 is 20.5 Å². The number of carboxylic acid groups (broad SMARTS) is 1. The third kappa shape index (κ3) is 3.35. The van der Waals surface area contributed by atoms with Crippen molar-refractivity contribution in [3.63, 3.8) is 0 Å². The maximum atomic E-state index is 12.6. The minimum Gasteiger partial charge on any atom is -0.479 e. The molecule has 0 bridgehead atoms. The molecule has 3 N–H and O–H groups in total. The van der Waals surface area contributed by atoms with Gasteiger partial charge in [-0.05, 0) is 13.8 Å². The van der Waals surface area contributed by atoms with Gasteiger partial charge in [-0.1, -0.05) is 0 Å². The van der Waals surface area contributed by atoms with E-state index in [1.807, 2.05) is 0 Å². The molecule has 1 aliphatic rings. The molecule has 0 saturated carbocycles. The van der Waals surface area contributed by atoms with Gasteiger partial charge in [-0.25, -0.2) is 4.79 Å². The predicted octanol–water partition coefficient (Wildman–Crippen LogP) is -0.113. The molecule has 1 saturated heterocycles. The Hall–Kier alpha value is -1.35. The van der Waals surface area contributed by atoms with Crippen molar-refractivity contribution in [2.24, 2.45) is 0 Å². The smallest absolute Gasteiger partial charge is 0.422 e. The van der Waals surface area contributed by atoms with Gasteiger partial charge in [0.1, 0.15) is 6.61 Å². The Labute approximate surface area is 107 Å². The summed E-state index contributed by atoms with van der Waals surface area (Å²) in [5.41, 5.74) is -3.93. The lowest BCUT2D eigenvalue weighted by Crippen LogP contribution is -2.64. The average Bonchev–Trinajstić information content (AvgIpc) is 2.21. The number of aliphatic carboxylic acids is 1. The Balaban J connectivity index is 2.60. The van der Waals surface area contributed by atoms with Gasteiger partial charge in [0.2, 0.25) is 11.4 Å². The van der Waals surface area contributed by atoms with Crippen molar-refractivity contribution in [1.29, 1.82) is 0 Å². The second kappa shape index (κ2) is 4.97. The summed E-state index contributed by atoms with van der Waals surface area (Å²) >= 11 is 0. The van der Waals surface area contributed by atoms with E-state index in [0.717, 1.165) is 0 Å². The summed E-state index contributed by atoms with van der Waals surface area (Å²) in [7, 11) is 0. The van der Waals surface area contributed by atoms with E-state index in [-0.39, 0.29) is 0 Å². The number of halogens is 3. The number of carbonyl (C=O) groups excluding carboxylic acids is 1. The molecule has 1 unspecified atom stereocenters. The molecule has 1 rings (SSSR count). The quantitative estimate of drug-likeness (QED) is 0.655. The summed E-state index contributed by atoms with van der Waals surface area (Å²) in [4.78, 5) is 22.1. The van der Waals surface area contributed by atoms with E-state index in [1.54, 1.807) is 6.92 Å². The highest BCUT2D eigenvalue weighted by atomic mass is 19.4. The lowest BCUT2D eigenvalue weighted by molar-refractivity contribution is -0.207. The summed E-state index contributed by atoms with van der Waals surface area (Å²) in [6.45, 7) is 2.42. The van der Waals surface area contributed by atoms with Gasteiger partial charge >= 0.3 is 12.1 Å². The molecule has 1 heterocycles. The lowest BCUT2D eigenvalue weighted by atomic mass is 10.00. The number of nitrogens with one attached hydrogen (secondary N) is 2. The van der Waals surface area contributed by atoms with Crippen LogP contribution in [-0.4, -0.2) is 54.0 Å². The first-order valence-electron chi connectivity index (χ1n) is 5.46. The van der Waals surface area contributed by atoms with E-state index in [0.29, 0.717) is 20.0 Å². The number of carbonyl (C=O) groups is 2. The molecule has 9 heteroatoms. The average molecular weight is 284 g/mol. The number of carboxylic acids is 1. The van der Waals surface area contributed by atoms with Crippen LogP contribution in [0.4, 0.5) is 13.2 Å². The van der Waals surface area contributed by atoms with Crippen LogP contribution in [0.25, 0.3) is 0 Å². The molecular weight excluding hydrogens is 269 g/mol. The molecule has 19 heavy (non-hydrogen) atoms. The Bertz CT molecular complexity index is 381. The fourth-order valence-corrected chi connectivity index (χ4v) is 1.38. The molecule has 1 atom stereocenters. The van der Waals surface area contributed by atoms with Crippen LogP contribution < -0.4 is 10.6 Å². The van der Waals surface area contributed by atoms with E-state index >= 15 is 0 Å². The second-order valence-electron chi connectivity index (χ2n) is 4.82. The number of hydrogen-bond acceptors (Lipinski definition) is 4. The molecular formula is C10H15F3N2O4. The van der Waals surface area contributed by atoms with Crippen molar-refractivity contribution in [3.05, 3.63) is 0 Å². The highest BCUT2D eigenvalue weighted by Crippen LogP contribution is 2.30. The highest BCUT2D eigenvalue weighted by Gasteiger charge is 2.58. The van der Waals surface area contributed by atoms with Crippen LogP contribution in [0.2, 0.25) is 0 Å². The molecule has 1 aliphatic heterocycles. The Kier molecular flexibility index (Phi) is 4.11. The van der Waals surface area contributed by atoms with Crippen LogP contribution in [0.15, 0.2) is 0 Å². The minimum atomic E-state index is -5.10. The molecule has 0 aromatic rings. The number of amides is 1. The third-order valence-electron chi connectivity index (χ3n) is 2.93. The standard InChI is InChI=1S/C10H15F3N2O4/c1-8(4-14-5-8)19-3-6(16)15-9(2,7(17)18)10(11,12)13/h14H,3-5H2,1-2H3,(H,15,16)(H,17,18). The molecule has 6 nitrogen and oxygen atoms in total. The van der Waals surface area contributed by atoms with Crippen molar-refractivity contribution in [2.75, 3.05) is 19.7 Å². The Morgan fingerprint density at radius 1 is 1.42 bits per heavy atom. The monoisotopic (exact) mass is 284 g/mol. The molecule has 0 aliphatic carbocycles. The molecule has 0 aromatic carbocycles. The fraction of sp³-hybridized carbons (Fsp3) is 0.800. The number of alkyl halides is 3. The molecule has 1 amide bonds. The molecule has 0 radical (unpaired) electrons. The number of rotatable bonds is 5. The lowest BCUT2D eigenvalue weighted by Gasteiger charge is -2.39. The molecule has 110 valence electrons. The summed E-state index contributed by atoms with van der Waals surface area (Å²) in [6, 6.07) is 0. The third-order valence-corrected chi connectivity index (χ3v) is 2.93. The van der Waals surface area contributed by atoms with Gasteiger partial charge in [-0.2, -0.15) is 13.2 Å². The van der Waals surface area contributed by atoms with Crippen molar-refractivity contribution >= 4 is 11.9 Å². The van der Waals surface area contributed by atoms with E-state index < -0.39 is 35.8 Å². The number of hydrogen-bond donors (Lipinski definition) is 3. The second-order valence-corrected chi connectivity index (χ2v) is 4.82. The fourth-order valence-electron chi connectivity index (χ4n) is 1.38. The molecule has 1 fully saturated rings. The van der Waals surface area contributed by atoms with Gasteiger partial charge in [0.15, 0.2) is 0 Å². The van der Waals surface area contributed by atoms with Crippen LogP contribution >= 0.6 is 0 Å². The maximum absolute atomic E-state index is 12.6. The highest BCUT2D eigenvalue weighted by molar-refractivity contribution is 5.88. The van der Waals surface area contributed by atoms with Crippen LogP contribution in [0.3, 0.4) is 0 Å². The van der Waals surface area contributed by atoms with E-state index in [2.05, 4.69) is 5.32 Å². The largest absolute Gasteiger partial charge is 0.479 e. The van der Waals surface area contributed by atoms with Gasteiger partial charge in [0.05, 0.1) is 5.60 Å². The van der Waals surface area contributed by atoms with Crippen LogP contribution in [0.1, 0.15) is 13.8 Å². The normalized spacial score (nSPS) is 21.1. The van der Waals surface area contributed by atoms with Gasteiger partial charge in [0.25, 0.3) is 0 Å². The zero-order chi connectivity index (χ0) is 14.9. The van der Waals surface area contributed by atoms with Crippen molar-refractivity contribution in [1.82, 2.24) is 10.6 Å². The van der Waals surface area contributed by atoms with Crippen molar-refractivity contribution in [2.45, 2.75) is 31.2 Å². The summed E-state index contributed by atoms with van der Waals surface area (Å²) < 4.78 is 43.0. The predicted molar refractivity (Wildman–Crippen MR) is 57.5 cm³/mol. The first kappa shape index (κ1) is 15.7. The van der Waals surface area contributed by atoms with E-state index in [9.17, 15) is 22.8 Å². The summed E-state index contributed by atoms with van der Waals surface area (Å²) in [6.07, 6.45) is -5.10. The first-order chi connectivity index (χ1) is 8.50. The molecule has 0 aromatic heterocycles. The van der Waals surface area contributed by atoms with E-state index in [4.69, 9.17) is 9.84 Å². The minimum absolute atomic E-state index is 0.389. The van der Waals surface area contributed by atoms with Gasteiger partial charge in [0, 0.05) is 13.1 Å². The Morgan fingerprint density at radius 3 is 2.26 bits per heavy atom. The summed E-state index contributed by atoms with van der Waals surface area (Å²) in [5, 5.41) is 12.9. The zero-order valence-electron chi connectivity index (χ0n) is 10.4. The maximum Gasteiger partial charge on any atom is 0.422 e. The number of ether oxygens (including phenoxy) is 1. The van der Waals surface area contributed by atoms with Crippen LogP contribution in [0.5, 0.6) is 0 Å². The SMILES string of the molecule is CC1(OCC(=O)NC(C)(C(=O)O)C(F)(F)F)CNC1. The Morgan fingerprint density at radius 2 is 1.95 bits per heavy atom. The van der Waals surface area contributed by atoms with Crippen LogP contribution in [0, 0.1) is 0 Å². The topological polar surface area (TPSA) is 87.7 Å². The summed E-state index contributed by atoms with van der Waals surface area (Å²) in [5.74, 6) is -3.31. The zero-order valence-corrected chi connectivity index (χ0v) is 10.4. The van der Waals surface area contributed by atoms with Crippen molar-refractivity contribution < 1.29 is 32.6 Å². The van der Waals surface area contributed by atoms with Gasteiger partial charge in [-0.3, -0.25) is 4.79 Å². The molecule has 0 spiro atoms. The van der Waals surface area contributed by atoms with E-state index in [1.165, 1.54) is 5.32 Å². The van der Waals surface area contributed by atoms with Crippen LogP contribution in [-0.2, 0) is 14.3 Å². The van der Waals surface area contributed by atoms with Gasteiger partial charge in [-0.15, -0.1) is 0 Å². The van der Waals surface area contributed by atoms with Crippen molar-refractivity contribution in [3.8, 4) is 0 Å².